The Morgan fingerprint density at radius 2 is 1.67 bits per heavy atom. The molecular weight excluding hydrogens is 380 g/mol. The third-order valence-electron chi connectivity index (χ3n) is 5.55. The van der Waals surface area contributed by atoms with E-state index in [1.54, 1.807) is 36.4 Å². The second-order valence-electron chi connectivity index (χ2n) is 7.56. The summed E-state index contributed by atoms with van der Waals surface area (Å²) in [5.41, 5.74) is 3.18. The van der Waals surface area contributed by atoms with Gasteiger partial charge in [-0.3, -0.25) is 19.3 Å². The summed E-state index contributed by atoms with van der Waals surface area (Å²) in [6.07, 6.45) is 5.44. The normalized spacial score (nSPS) is 15.1. The molecule has 3 heterocycles. The Labute approximate surface area is 173 Å². The van der Waals surface area contributed by atoms with E-state index in [2.05, 4.69) is 16.1 Å². The molecule has 0 saturated carbocycles. The van der Waals surface area contributed by atoms with Crippen LogP contribution in [0.15, 0.2) is 54.7 Å². The molecule has 1 aromatic heterocycles. The third-order valence-corrected chi connectivity index (χ3v) is 5.55. The van der Waals surface area contributed by atoms with Crippen molar-refractivity contribution in [3.8, 4) is 11.3 Å². The van der Waals surface area contributed by atoms with E-state index in [-0.39, 0.29) is 6.54 Å². The fourth-order valence-electron chi connectivity index (χ4n) is 4.00. The number of aryl methyl sites for hydroxylation is 2. The zero-order chi connectivity index (χ0) is 20.7. The van der Waals surface area contributed by atoms with Gasteiger partial charge < -0.3 is 9.88 Å². The molecule has 5 rings (SSSR count). The number of amides is 3. The van der Waals surface area contributed by atoms with Crippen molar-refractivity contribution in [1.82, 2.24) is 14.5 Å². The molecular formula is C23H20N4O3. The van der Waals surface area contributed by atoms with E-state index in [1.807, 2.05) is 12.1 Å². The smallest absolute Gasteiger partial charge is 0.262 e. The lowest BCUT2D eigenvalue weighted by Gasteiger charge is -2.13. The molecule has 2 aliphatic rings. The van der Waals surface area contributed by atoms with Gasteiger partial charge in [-0.25, -0.2) is 4.98 Å². The van der Waals surface area contributed by atoms with Crippen LogP contribution in [0.3, 0.4) is 0 Å². The molecule has 0 bridgehead atoms. The molecule has 2 aliphatic heterocycles. The van der Waals surface area contributed by atoms with Gasteiger partial charge in [0.05, 0.1) is 16.8 Å². The van der Waals surface area contributed by atoms with Crippen LogP contribution in [0.1, 0.15) is 39.4 Å². The minimum atomic E-state index is -0.440. The molecule has 0 radical (unpaired) electrons. The molecule has 0 spiro atoms. The number of nitrogens with one attached hydrogen (secondary N) is 1. The maximum absolute atomic E-state index is 12.4. The SMILES string of the molecule is O=C(CN1C(=O)c2ccccc2C1=O)Nc1ccc(-c2cn3c(n2)CCCC3)cc1. The van der Waals surface area contributed by atoms with Crippen molar-refractivity contribution in [2.75, 3.05) is 11.9 Å². The Hall–Kier alpha value is -3.74. The Morgan fingerprint density at radius 3 is 2.33 bits per heavy atom. The molecule has 0 atom stereocenters. The average molecular weight is 400 g/mol. The summed E-state index contributed by atoms with van der Waals surface area (Å²) in [5.74, 6) is -0.182. The summed E-state index contributed by atoms with van der Waals surface area (Å²) in [7, 11) is 0. The Balaban J connectivity index is 1.25. The third kappa shape index (κ3) is 3.18. The number of hydrogen-bond donors (Lipinski definition) is 1. The summed E-state index contributed by atoms with van der Waals surface area (Å²) < 4.78 is 2.20. The van der Waals surface area contributed by atoms with Crippen molar-refractivity contribution in [3.63, 3.8) is 0 Å². The molecule has 0 saturated heterocycles. The zero-order valence-corrected chi connectivity index (χ0v) is 16.3. The number of carbonyl (C=O) groups is 3. The molecule has 150 valence electrons. The number of benzene rings is 2. The molecule has 7 nitrogen and oxygen atoms in total. The lowest BCUT2D eigenvalue weighted by molar-refractivity contribution is -0.116. The molecule has 1 N–H and O–H groups in total. The van der Waals surface area contributed by atoms with Gasteiger partial charge in [-0.05, 0) is 37.1 Å². The van der Waals surface area contributed by atoms with Gasteiger partial charge in [0, 0.05) is 30.4 Å². The Morgan fingerprint density at radius 1 is 0.967 bits per heavy atom. The van der Waals surface area contributed by atoms with E-state index in [0.29, 0.717) is 16.8 Å². The Bertz CT molecular complexity index is 1100. The summed E-state index contributed by atoms with van der Waals surface area (Å²) in [6.45, 7) is 0.691. The van der Waals surface area contributed by atoms with E-state index in [0.717, 1.165) is 34.9 Å². The highest BCUT2D eigenvalue weighted by Crippen LogP contribution is 2.25. The largest absolute Gasteiger partial charge is 0.334 e. The number of anilines is 1. The van der Waals surface area contributed by atoms with Crippen LogP contribution < -0.4 is 5.32 Å². The van der Waals surface area contributed by atoms with Gasteiger partial charge in [-0.15, -0.1) is 0 Å². The van der Waals surface area contributed by atoms with Gasteiger partial charge in [-0.2, -0.15) is 0 Å². The first-order chi connectivity index (χ1) is 14.6. The average Bonchev–Trinajstić information content (AvgIpc) is 3.30. The van der Waals surface area contributed by atoms with Crippen molar-refractivity contribution in [3.05, 3.63) is 71.7 Å². The number of imidazole rings is 1. The van der Waals surface area contributed by atoms with E-state index < -0.39 is 17.7 Å². The first-order valence-corrected chi connectivity index (χ1v) is 10.0. The van der Waals surface area contributed by atoms with Crippen LogP contribution in [-0.4, -0.2) is 38.7 Å². The molecule has 3 aromatic rings. The quantitative estimate of drug-likeness (QED) is 0.682. The number of rotatable bonds is 4. The van der Waals surface area contributed by atoms with Gasteiger partial charge in [0.25, 0.3) is 11.8 Å². The molecule has 2 aromatic carbocycles. The minimum absolute atomic E-state index is 0.318. The van der Waals surface area contributed by atoms with E-state index in [4.69, 9.17) is 4.98 Å². The van der Waals surface area contributed by atoms with Crippen LogP contribution >= 0.6 is 0 Å². The van der Waals surface area contributed by atoms with E-state index in [9.17, 15) is 14.4 Å². The van der Waals surface area contributed by atoms with Gasteiger partial charge in [0.15, 0.2) is 0 Å². The van der Waals surface area contributed by atoms with Gasteiger partial charge in [0.1, 0.15) is 12.4 Å². The molecule has 0 fully saturated rings. The van der Waals surface area contributed by atoms with Crippen molar-refractivity contribution >= 4 is 23.4 Å². The summed E-state index contributed by atoms with van der Waals surface area (Å²) in [5, 5.41) is 2.75. The number of fused-ring (bicyclic) bond motifs is 2. The maximum atomic E-state index is 12.4. The first-order valence-electron chi connectivity index (χ1n) is 10.0. The number of imide groups is 1. The number of aromatic nitrogens is 2. The zero-order valence-electron chi connectivity index (χ0n) is 16.3. The monoisotopic (exact) mass is 400 g/mol. The van der Waals surface area contributed by atoms with Crippen LogP contribution in [0.2, 0.25) is 0 Å². The second-order valence-corrected chi connectivity index (χ2v) is 7.56. The van der Waals surface area contributed by atoms with E-state index >= 15 is 0 Å². The highest BCUT2D eigenvalue weighted by molar-refractivity contribution is 6.22. The highest BCUT2D eigenvalue weighted by Gasteiger charge is 2.36. The molecule has 3 amide bonds. The molecule has 0 unspecified atom stereocenters. The first kappa shape index (κ1) is 18.3. The summed E-state index contributed by atoms with van der Waals surface area (Å²) >= 11 is 0. The lowest BCUT2D eigenvalue weighted by Crippen LogP contribution is -2.37. The van der Waals surface area contributed by atoms with Crippen LogP contribution in [0.4, 0.5) is 5.69 Å². The number of hydrogen-bond acceptors (Lipinski definition) is 4. The molecule has 0 aliphatic carbocycles. The topological polar surface area (TPSA) is 84.3 Å². The predicted molar refractivity (Wildman–Crippen MR) is 111 cm³/mol. The van der Waals surface area contributed by atoms with Crippen molar-refractivity contribution in [2.24, 2.45) is 0 Å². The van der Waals surface area contributed by atoms with Gasteiger partial charge in [0.2, 0.25) is 5.91 Å². The highest BCUT2D eigenvalue weighted by atomic mass is 16.2. The van der Waals surface area contributed by atoms with Crippen molar-refractivity contribution in [1.29, 1.82) is 0 Å². The van der Waals surface area contributed by atoms with Crippen LogP contribution in [0.5, 0.6) is 0 Å². The van der Waals surface area contributed by atoms with Gasteiger partial charge in [-0.1, -0.05) is 24.3 Å². The fraction of sp³-hybridized carbons (Fsp3) is 0.217. The maximum Gasteiger partial charge on any atom is 0.262 e. The summed E-state index contributed by atoms with van der Waals surface area (Å²) in [4.78, 5) is 42.9. The molecule has 7 heteroatoms. The standard InChI is InChI=1S/C23H20N4O3/c28-21(14-27-22(29)17-5-1-2-6-18(17)23(27)30)24-16-10-8-15(9-11-16)19-13-26-12-4-3-7-20(26)25-19/h1-2,5-6,8-11,13H,3-4,7,12,14H2,(H,24,28). The number of carbonyl (C=O) groups excluding carboxylic acids is 3. The number of nitrogens with zero attached hydrogens (tertiary/aromatic N) is 3. The van der Waals surface area contributed by atoms with E-state index in [1.165, 1.54) is 12.8 Å². The van der Waals surface area contributed by atoms with Gasteiger partial charge >= 0.3 is 0 Å². The molecule has 30 heavy (non-hydrogen) atoms. The van der Waals surface area contributed by atoms with Crippen LogP contribution in [0.25, 0.3) is 11.3 Å². The predicted octanol–water partition coefficient (Wildman–Crippen LogP) is 3.12. The fourth-order valence-corrected chi connectivity index (χ4v) is 4.00. The van der Waals surface area contributed by atoms with Crippen molar-refractivity contribution in [2.45, 2.75) is 25.8 Å². The van der Waals surface area contributed by atoms with Crippen LogP contribution in [0, 0.1) is 0 Å². The van der Waals surface area contributed by atoms with Crippen LogP contribution in [-0.2, 0) is 17.8 Å². The van der Waals surface area contributed by atoms with Crippen molar-refractivity contribution < 1.29 is 14.4 Å². The summed E-state index contributed by atoms with van der Waals surface area (Å²) in [6, 6.07) is 14.0. The minimum Gasteiger partial charge on any atom is -0.334 e. The lowest BCUT2D eigenvalue weighted by atomic mass is 10.1. The second kappa shape index (κ2) is 7.26. The Kier molecular flexibility index (Phi) is 4.43.